The van der Waals surface area contributed by atoms with Crippen molar-refractivity contribution in [2.24, 2.45) is 5.92 Å². The van der Waals surface area contributed by atoms with E-state index in [1.807, 2.05) is 19.9 Å². The van der Waals surface area contributed by atoms with Gasteiger partial charge in [0.1, 0.15) is 11.5 Å². The van der Waals surface area contributed by atoms with E-state index in [4.69, 9.17) is 8.83 Å². The molecule has 22 heavy (non-hydrogen) atoms. The molecule has 1 saturated carbocycles. The molecule has 0 aromatic carbocycles. The van der Waals surface area contributed by atoms with Gasteiger partial charge < -0.3 is 14.2 Å². The second kappa shape index (κ2) is 6.65. The predicted octanol–water partition coefficient (Wildman–Crippen LogP) is 4.00. The molecule has 1 fully saturated rings. The van der Waals surface area contributed by atoms with Gasteiger partial charge in [0.2, 0.25) is 5.89 Å². The number of nitrogens with zero attached hydrogens (tertiary/aromatic N) is 2. The van der Waals surface area contributed by atoms with Gasteiger partial charge in [-0.25, -0.2) is 0 Å². The number of aromatic nitrogens is 2. The van der Waals surface area contributed by atoms with Crippen molar-refractivity contribution in [1.82, 2.24) is 15.5 Å². The first kappa shape index (κ1) is 15.3. The molecule has 0 radical (unpaired) electrons. The average Bonchev–Trinajstić information content (AvgIpc) is 3.12. The van der Waals surface area contributed by atoms with E-state index in [1.54, 1.807) is 0 Å². The minimum atomic E-state index is 0.494. The Morgan fingerprint density at radius 2 is 1.95 bits per heavy atom. The number of rotatable bonds is 5. The summed E-state index contributed by atoms with van der Waals surface area (Å²) in [6.45, 7) is 6.72. The lowest BCUT2D eigenvalue weighted by Gasteiger charge is -2.27. The van der Waals surface area contributed by atoms with Gasteiger partial charge >= 0.3 is 0 Å². The van der Waals surface area contributed by atoms with Crippen LogP contribution in [0.5, 0.6) is 0 Å². The van der Waals surface area contributed by atoms with Crippen molar-refractivity contribution >= 4 is 0 Å². The second-order valence-corrected chi connectivity index (χ2v) is 6.40. The number of nitrogens with one attached hydrogen (secondary N) is 1. The van der Waals surface area contributed by atoms with E-state index in [1.165, 1.54) is 32.1 Å². The van der Waals surface area contributed by atoms with E-state index in [0.717, 1.165) is 23.0 Å². The summed E-state index contributed by atoms with van der Waals surface area (Å²) < 4.78 is 11.3. The highest BCUT2D eigenvalue weighted by Crippen LogP contribution is 2.27. The number of hydrogen-bond acceptors (Lipinski definition) is 5. The van der Waals surface area contributed by atoms with Crippen LogP contribution in [0.15, 0.2) is 14.9 Å². The molecule has 0 aliphatic heterocycles. The third-order valence-electron chi connectivity index (χ3n) is 4.67. The molecule has 1 aliphatic carbocycles. The van der Waals surface area contributed by atoms with Crippen LogP contribution in [-0.2, 0) is 6.54 Å². The van der Waals surface area contributed by atoms with Crippen LogP contribution in [0.1, 0.15) is 56.4 Å². The zero-order valence-corrected chi connectivity index (χ0v) is 13.7. The maximum atomic E-state index is 5.76. The van der Waals surface area contributed by atoms with Crippen LogP contribution in [-0.4, -0.2) is 16.2 Å². The third-order valence-corrected chi connectivity index (χ3v) is 4.67. The van der Waals surface area contributed by atoms with Crippen molar-refractivity contribution < 1.29 is 8.83 Å². The quantitative estimate of drug-likeness (QED) is 0.904. The predicted molar refractivity (Wildman–Crippen MR) is 84.4 cm³/mol. The van der Waals surface area contributed by atoms with Crippen molar-refractivity contribution in [3.05, 3.63) is 23.5 Å². The molecule has 2 aromatic heterocycles. The van der Waals surface area contributed by atoms with Gasteiger partial charge in [-0.15, -0.1) is 10.2 Å². The molecule has 5 nitrogen and oxygen atoms in total. The Labute approximate surface area is 131 Å². The summed E-state index contributed by atoms with van der Waals surface area (Å²) >= 11 is 0. The van der Waals surface area contributed by atoms with Crippen LogP contribution >= 0.6 is 0 Å². The minimum absolute atomic E-state index is 0.494. The molecule has 5 heteroatoms. The molecule has 1 atom stereocenters. The molecule has 120 valence electrons. The molecule has 2 heterocycles. The first-order chi connectivity index (χ1) is 10.6. The van der Waals surface area contributed by atoms with Gasteiger partial charge in [0.15, 0.2) is 0 Å². The lowest BCUT2D eigenvalue weighted by atomic mass is 9.84. The zero-order valence-electron chi connectivity index (χ0n) is 13.7. The van der Waals surface area contributed by atoms with Crippen molar-refractivity contribution in [2.45, 2.75) is 65.5 Å². The SMILES string of the molecule is Cc1cc(-c2nnc(CN[C@@H](C)C3CCCCC3)o2)c(C)o1. The second-order valence-electron chi connectivity index (χ2n) is 6.40. The molecule has 0 saturated heterocycles. The first-order valence-electron chi connectivity index (χ1n) is 8.26. The van der Waals surface area contributed by atoms with Crippen LogP contribution in [0.25, 0.3) is 11.5 Å². The first-order valence-corrected chi connectivity index (χ1v) is 8.26. The van der Waals surface area contributed by atoms with E-state index in [0.29, 0.717) is 24.4 Å². The van der Waals surface area contributed by atoms with Crippen LogP contribution in [0.4, 0.5) is 0 Å². The number of hydrogen-bond donors (Lipinski definition) is 1. The summed E-state index contributed by atoms with van der Waals surface area (Å²) in [7, 11) is 0. The van der Waals surface area contributed by atoms with Crippen molar-refractivity contribution in [1.29, 1.82) is 0 Å². The Kier molecular flexibility index (Phi) is 4.62. The Morgan fingerprint density at radius 3 is 2.64 bits per heavy atom. The molecule has 3 rings (SSSR count). The Hall–Kier alpha value is -1.62. The Morgan fingerprint density at radius 1 is 1.18 bits per heavy atom. The topological polar surface area (TPSA) is 64.1 Å². The molecule has 0 bridgehead atoms. The van der Waals surface area contributed by atoms with E-state index < -0.39 is 0 Å². The van der Waals surface area contributed by atoms with E-state index >= 15 is 0 Å². The summed E-state index contributed by atoms with van der Waals surface area (Å²) in [4.78, 5) is 0. The maximum Gasteiger partial charge on any atom is 0.251 e. The Balaban J connectivity index is 1.58. The van der Waals surface area contributed by atoms with Crippen molar-refractivity contribution in [3.63, 3.8) is 0 Å². The summed E-state index contributed by atoms with van der Waals surface area (Å²) in [6.07, 6.45) is 6.77. The molecule has 1 N–H and O–H groups in total. The highest BCUT2D eigenvalue weighted by molar-refractivity contribution is 5.55. The van der Waals surface area contributed by atoms with E-state index in [9.17, 15) is 0 Å². The number of furan rings is 1. The highest BCUT2D eigenvalue weighted by atomic mass is 16.4. The zero-order chi connectivity index (χ0) is 15.5. The fourth-order valence-electron chi connectivity index (χ4n) is 3.33. The molecule has 1 aliphatic rings. The van der Waals surface area contributed by atoms with Gasteiger partial charge in [-0.1, -0.05) is 19.3 Å². The maximum absolute atomic E-state index is 5.76. The van der Waals surface area contributed by atoms with Crippen LogP contribution in [0, 0.1) is 19.8 Å². The molecule has 0 spiro atoms. The molecule has 0 amide bonds. The fraction of sp³-hybridized carbons (Fsp3) is 0.647. The largest absolute Gasteiger partial charge is 0.466 e. The average molecular weight is 303 g/mol. The van der Waals surface area contributed by atoms with Crippen LogP contribution < -0.4 is 5.32 Å². The summed E-state index contributed by atoms with van der Waals surface area (Å²) in [5.74, 6) is 3.62. The standard InChI is InChI=1S/C17H25N3O2/c1-11-9-15(13(3)21-11)17-20-19-16(22-17)10-18-12(2)14-7-5-4-6-8-14/h9,12,14,18H,4-8,10H2,1-3H3/t12-/m0/s1. The monoisotopic (exact) mass is 303 g/mol. The van der Waals surface area contributed by atoms with Gasteiger partial charge in [0, 0.05) is 6.04 Å². The Bertz CT molecular complexity index is 611. The summed E-state index contributed by atoms with van der Waals surface area (Å²) in [5, 5.41) is 11.8. The van der Waals surface area contributed by atoms with Crippen molar-refractivity contribution in [2.75, 3.05) is 0 Å². The van der Waals surface area contributed by atoms with Crippen LogP contribution in [0.2, 0.25) is 0 Å². The van der Waals surface area contributed by atoms with Gasteiger partial charge in [0.05, 0.1) is 12.1 Å². The lowest BCUT2D eigenvalue weighted by molar-refractivity contribution is 0.274. The van der Waals surface area contributed by atoms with E-state index in [-0.39, 0.29) is 0 Å². The molecular formula is C17H25N3O2. The van der Waals surface area contributed by atoms with Crippen LogP contribution in [0.3, 0.4) is 0 Å². The lowest BCUT2D eigenvalue weighted by Crippen LogP contribution is -2.34. The fourth-order valence-corrected chi connectivity index (χ4v) is 3.33. The van der Waals surface area contributed by atoms with E-state index in [2.05, 4.69) is 22.4 Å². The smallest absolute Gasteiger partial charge is 0.251 e. The highest BCUT2D eigenvalue weighted by Gasteiger charge is 2.20. The molecular weight excluding hydrogens is 278 g/mol. The van der Waals surface area contributed by atoms with Gasteiger partial charge in [-0.3, -0.25) is 0 Å². The normalized spacial score (nSPS) is 17.8. The number of aryl methyl sites for hydroxylation is 2. The summed E-state index contributed by atoms with van der Waals surface area (Å²) in [6, 6.07) is 2.43. The molecule has 0 unspecified atom stereocenters. The van der Waals surface area contributed by atoms with Crippen molar-refractivity contribution in [3.8, 4) is 11.5 Å². The minimum Gasteiger partial charge on any atom is -0.466 e. The van der Waals surface area contributed by atoms with Gasteiger partial charge in [-0.05, 0) is 45.6 Å². The van der Waals surface area contributed by atoms with Gasteiger partial charge in [0.25, 0.3) is 5.89 Å². The third kappa shape index (κ3) is 3.40. The molecule has 2 aromatic rings. The van der Waals surface area contributed by atoms with Gasteiger partial charge in [-0.2, -0.15) is 0 Å². The summed E-state index contributed by atoms with van der Waals surface area (Å²) in [5.41, 5.74) is 0.886.